The topological polar surface area (TPSA) is 42.2 Å². The quantitative estimate of drug-likeness (QED) is 0.870. The van der Waals surface area contributed by atoms with Gasteiger partial charge in [0.25, 0.3) is 0 Å². The van der Waals surface area contributed by atoms with Crippen LogP contribution in [0.5, 0.6) is 0 Å². The van der Waals surface area contributed by atoms with Gasteiger partial charge in [-0.05, 0) is 44.2 Å². The average molecular weight is 235 g/mol. The Labute approximate surface area is 102 Å². The first kappa shape index (κ1) is 12.2. The van der Waals surface area contributed by atoms with Crippen molar-refractivity contribution in [2.45, 2.75) is 52.5 Å². The van der Waals surface area contributed by atoms with Crippen LogP contribution in [0.25, 0.3) is 0 Å². The maximum absolute atomic E-state index is 11.4. The molecule has 1 aromatic heterocycles. The summed E-state index contributed by atoms with van der Waals surface area (Å²) in [5.74, 6) is -0.967. The van der Waals surface area contributed by atoms with Gasteiger partial charge in [0.2, 0.25) is 0 Å². The van der Waals surface area contributed by atoms with Crippen molar-refractivity contribution >= 4 is 5.97 Å². The maximum Gasteiger partial charge on any atom is 0.311 e. The molecular weight excluding hydrogens is 214 g/mol. The molecule has 1 aromatic rings. The van der Waals surface area contributed by atoms with E-state index in [9.17, 15) is 9.90 Å². The summed E-state index contributed by atoms with van der Waals surface area (Å²) in [6, 6.07) is 2.68. The monoisotopic (exact) mass is 235 g/mol. The fourth-order valence-electron chi connectivity index (χ4n) is 2.79. The van der Waals surface area contributed by atoms with E-state index in [-0.39, 0.29) is 11.8 Å². The lowest BCUT2D eigenvalue weighted by molar-refractivity contribution is -0.139. The zero-order valence-corrected chi connectivity index (χ0v) is 11.0. The third kappa shape index (κ3) is 2.11. The average Bonchev–Trinajstić information content (AvgIpc) is 2.95. The van der Waals surface area contributed by atoms with Gasteiger partial charge in [-0.3, -0.25) is 4.79 Å². The Balaban J connectivity index is 2.44. The molecule has 1 aliphatic carbocycles. The van der Waals surface area contributed by atoms with Gasteiger partial charge >= 0.3 is 5.97 Å². The summed E-state index contributed by atoms with van der Waals surface area (Å²) in [4.78, 5) is 11.4. The SMILES string of the molecule is Cc1cc(C(C(=O)O)C(C)C)c(C)n1C1CC1. The number of aryl methyl sites for hydroxylation is 1. The van der Waals surface area contributed by atoms with Gasteiger partial charge in [0.15, 0.2) is 0 Å². The molecule has 0 spiro atoms. The van der Waals surface area contributed by atoms with E-state index < -0.39 is 5.97 Å². The first-order chi connectivity index (χ1) is 7.93. The Morgan fingerprint density at radius 3 is 2.41 bits per heavy atom. The third-order valence-corrected chi connectivity index (χ3v) is 3.70. The predicted molar refractivity (Wildman–Crippen MR) is 67.4 cm³/mol. The minimum Gasteiger partial charge on any atom is -0.481 e. The van der Waals surface area contributed by atoms with E-state index >= 15 is 0 Å². The van der Waals surface area contributed by atoms with Gasteiger partial charge in [-0.15, -0.1) is 0 Å². The van der Waals surface area contributed by atoms with Crippen LogP contribution in [-0.4, -0.2) is 15.6 Å². The highest BCUT2D eigenvalue weighted by atomic mass is 16.4. The van der Waals surface area contributed by atoms with Crippen LogP contribution in [0.15, 0.2) is 6.07 Å². The van der Waals surface area contributed by atoms with Crippen LogP contribution in [0.1, 0.15) is 55.6 Å². The lowest BCUT2D eigenvalue weighted by atomic mass is 9.88. The molecule has 0 radical (unpaired) electrons. The maximum atomic E-state index is 11.4. The molecule has 0 amide bonds. The Hall–Kier alpha value is -1.25. The van der Waals surface area contributed by atoms with Crippen molar-refractivity contribution in [3.8, 4) is 0 Å². The van der Waals surface area contributed by atoms with Crippen LogP contribution in [0.4, 0.5) is 0 Å². The zero-order chi connectivity index (χ0) is 12.7. The largest absolute Gasteiger partial charge is 0.481 e. The zero-order valence-electron chi connectivity index (χ0n) is 11.0. The molecule has 1 N–H and O–H groups in total. The highest BCUT2D eigenvalue weighted by molar-refractivity contribution is 5.77. The van der Waals surface area contributed by atoms with Crippen LogP contribution in [-0.2, 0) is 4.79 Å². The van der Waals surface area contributed by atoms with E-state index in [0.717, 1.165) is 11.3 Å². The van der Waals surface area contributed by atoms with Crippen LogP contribution in [0, 0.1) is 19.8 Å². The summed E-state index contributed by atoms with van der Waals surface area (Å²) < 4.78 is 2.31. The number of aliphatic carboxylic acids is 1. The van der Waals surface area contributed by atoms with Crippen molar-refractivity contribution < 1.29 is 9.90 Å². The molecular formula is C14H21NO2. The summed E-state index contributed by atoms with van der Waals surface area (Å²) in [6.45, 7) is 8.08. The van der Waals surface area contributed by atoms with Crippen LogP contribution >= 0.6 is 0 Å². The van der Waals surface area contributed by atoms with E-state index in [1.54, 1.807) is 0 Å². The second-order valence-electron chi connectivity index (χ2n) is 5.49. The van der Waals surface area contributed by atoms with Gasteiger partial charge in [0.05, 0.1) is 5.92 Å². The van der Waals surface area contributed by atoms with E-state index in [4.69, 9.17) is 0 Å². The minimum atomic E-state index is -0.712. The van der Waals surface area contributed by atoms with Gasteiger partial charge in [0.1, 0.15) is 0 Å². The number of rotatable bonds is 4. The Morgan fingerprint density at radius 1 is 1.41 bits per heavy atom. The van der Waals surface area contributed by atoms with Gasteiger partial charge in [-0.1, -0.05) is 13.8 Å². The lowest BCUT2D eigenvalue weighted by Gasteiger charge is -2.17. The first-order valence-corrected chi connectivity index (χ1v) is 6.34. The number of hydrogen-bond acceptors (Lipinski definition) is 1. The molecule has 17 heavy (non-hydrogen) atoms. The summed E-state index contributed by atoms with van der Waals surface area (Å²) >= 11 is 0. The molecule has 1 atom stereocenters. The van der Waals surface area contributed by atoms with Crippen molar-refractivity contribution in [3.63, 3.8) is 0 Å². The van der Waals surface area contributed by atoms with Crippen molar-refractivity contribution in [2.24, 2.45) is 5.92 Å². The number of carboxylic acids is 1. The summed E-state index contributed by atoms with van der Waals surface area (Å²) in [6.07, 6.45) is 2.46. The fourth-order valence-corrected chi connectivity index (χ4v) is 2.79. The molecule has 1 fully saturated rings. The lowest BCUT2D eigenvalue weighted by Crippen LogP contribution is -2.18. The minimum absolute atomic E-state index is 0.126. The number of carboxylic acid groups (broad SMARTS) is 1. The van der Waals surface area contributed by atoms with Crippen LogP contribution in [0.2, 0.25) is 0 Å². The molecule has 1 aliphatic rings. The molecule has 94 valence electrons. The number of aromatic nitrogens is 1. The number of nitrogens with zero attached hydrogens (tertiary/aromatic N) is 1. The molecule has 1 unspecified atom stereocenters. The Bertz CT molecular complexity index is 441. The molecule has 3 nitrogen and oxygen atoms in total. The number of carbonyl (C=O) groups is 1. The van der Waals surface area contributed by atoms with Gasteiger partial charge in [0, 0.05) is 17.4 Å². The Morgan fingerprint density at radius 2 is 2.00 bits per heavy atom. The normalized spacial score (nSPS) is 17.5. The van der Waals surface area contributed by atoms with Gasteiger partial charge in [-0.2, -0.15) is 0 Å². The van der Waals surface area contributed by atoms with Crippen molar-refractivity contribution in [1.82, 2.24) is 4.57 Å². The standard InChI is InChI=1S/C14H21NO2/c1-8(2)13(14(16)17)12-7-9(3)15(10(12)4)11-5-6-11/h7-8,11,13H,5-6H2,1-4H3,(H,16,17). The molecule has 1 heterocycles. The summed E-state index contributed by atoms with van der Waals surface area (Å²) in [7, 11) is 0. The molecule has 0 bridgehead atoms. The highest BCUT2D eigenvalue weighted by Crippen LogP contribution is 2.40. The number of hydrogen-bond donors (Lipinski definition) is 1. The molecule has 1 saturated carbocycles. The molecule has 3 heteroatoms. The van der Waals surface area contributed by atoms with Crippen molar-refractivity contribution in [1.29, 1.82) is 0 Å². The van der Waals surface area contributed by atoms with Gasteiger partial charge in [-0.25, -0.2) is 0 Å². The highest BCUT2D eigenvalue weighted by Gasteiger charge is 2.32. The fraction of sp³-hybridized carbons (Fsp3) is 0.643. The second-order valence-corrected chi connectivity index (χ2v) is 5.49. The molecule has 0 aliphatic heterocycles. The summed E-state index contributed by atoms with van der Waals surface area (Å²) in [5, 5.41) is 9.37. The van der Waals surface area contributed by atoms with E-state index in [1.807, 2.05) is 13.8 Å². The van der Waals surface area contributed by atoms with E-state index in [0.29, 0.717) is 6.04 Å². The first-order valence-electron chi connectivity index (χ1n) is 6.34. The molecule has 0 aromatic carbocycles. The van der Waals surface area contributed by atoms with Crippen LogP contribution < -0.4 is 0 Å². The van der Waals surface area contributed by atoms with Crippen molar-refractivity contribution in [3.05, 3.63) is 23.0 Å². The van der Waals surface area contributed by atoms with Gasteiger partial charge < -0.3 is 9.67 Å². The van der Waals surface area contributed by atoms with Crippen molar-refractivity contribution in [2.75, 3.05) is 0 Å². The molecule has 2 rings (SSSR count). The van der Waals surface area contributed by atoms with E-state index in [2.05, 4.69) is 24.5 Å². The van der Waals surface area contributed by atoms with E-state index in [1.165, 1.54) is 18.5 Å². The molecule has 0 saturated heterocycles. The smallest absolute Gasteiger partial charge is 0.311 e. The second kappa shape index (κ2) is 4.21. The third-order valence-electron chi connectivity index (χ3n) is 3.70. The summed E-state index contributed by atoms with van der Waals surface area (Å²) in [5.41, 5.74) is 3.34. The van der Waals surface area contributed by atoms with Crippen LogP contribution in [0.3, 0.4) is 0 Å². The predicted octanol–water partition coefficient (Wildman–Crippen LogP) is 3.26. The Kier molecular flexibility index (Phi) is 3.02.